The molecule has 7 nitrogen and oxygen atoms in total. The molecule has 3 aromatic carbocycles. The standard InChI is InChI=1S/C30H36ClN3O4S/c1-21-5-12-27(13-6-21)39(36,37)34(28-19-25(31)9-14-29(28)38-4)20-30(35)32-23(3)24-7-10-26(11-8-24)33-17-15-22(2)16-18-33/h5-14,19,22-23H,15-18,20H2,1-4H3,(H,32,35). The number of hydrogen-bond donors (Lipinski definition) is 1. The molecule has 9 heteroatoms. The lowest BCUT2D eigenvalue weighted by atomic mass is 9.98. The Hall–Kier alpha value is -3.23. The van der Waals surface area contributed by atoms with Crippen LogP contribution in [-0.4, -0.2) is 41.1 Å². The summed E-state index contributed by atoms with van der Waals surface area (Å²) in [5.41, 5.74) is 3.22. The fourth-order valence-corrected chi connectivity index (χ4v) is 6.33. The molecule has 0 bridgehead atoms. The van der Waals surface area contributed by atoms with E-state index in [2.05, 4.69) is 29.3 Å². The summed E-state index contributed by atoms with van der Waals surface area (Å²) in [6.45, 7) is 7.70. The Morgan fingerprint density at radius 3 is 2.33 bits per heavy atom. The van der Waals surface area contributed by atoms with E-state index in [0.717, 1.165) is 34.4 Å². The number of piperidine rings is 1. The first-order valence-corrected chi connectivity index (χ1v) is 15.0. The third-order valence-corrected chi connectivity index (χ3v) is 9.23. The van der Waals surface area contributed by atoms with Crippen molar-refractivity contribution in [2.24, 2.45) is 5.92 Å². The minimum atomic E-state index is -4.11. The van der Waals surface area contributed by atoms with Crippen molar-refractivity contribution in [1.29, 1.82) is 0 Å². The number of carbonyl (C=O) groups excluding carboxylic acids is 1. The van der Waals surface area contributed by atoms with Crippen LogP contribution in [0, 0.1) is 12.8 Å². The van der Waals surface area contributed by atoms with Crippen LogP contribution in [0.2, 0.25) is 5.02 Å². The van der Waals surface area contributed by atoms with Crippen molar-refractivity contribution in [3.05, 3.63) is 82.9 Å². The highest BCUT2D eigenvalue weighted by molar-refractivity contribution is 7.92. The van der Waals surface area contributed by atoms with Crippen LogP contribution in [0.5, 0.6) is 5.75 Å². The van der Waals surface area contributed by atoms with E-state index in [4.69, 9.17) is 16.3 Å². The van der Waals surface area contributed by atoms with Gasteiger partial charge in [0.05, 0.1) is 23.7 Å². The fourth-order valence-electron chi connectivity index (χ4n) is 4.74. The highest BCUT2D eigenvalue weighted by Gasteiger charge is 2.30. The van der Waals surface area contributed by atoms with Crippen molar-refractivity contribution in [3.8, 4) is 5.75 Å². The van der Waals surface area contributed by atoms with E-state index in [-0.39, 0.29) is 16.6 Å². The third-order valence-electron chi connectivity index (χ3n) is 7.23. The molecule has 1 amide bonds. The van der Waals surface area contributed by atoms with E-state index in [1.807, 2.05) is 26.0 Å². The number of ether oxygens (including phenoxy) is 1. The molecule has 3 aromatic rings. The number of methoxy groups -OCH3 is 1. The number of benzene rings is 3. The molecule has 1 atom stereocenters. The summed E-state index contributed by atoms with van der Waals surface area (Å²) in [4.78, 5) is 15.7. The summed E-state index contributed by atoms with van der Waals surface area (Å²) in [7, 11) is -2.67. The van der Waals surface area contributed by atoms with Crippen LogP contribution < -0.4 is 19.3 Å². The molecule has 0 spiro atoms. The summed E-state index contributed by atoms with van der Waals surface area (Å²) in [6, 6.07) is 19.0. The zero-order chi connectivity index (χ0) is 28.2. The number of aryl methyl sites for hydroxylation is 1. The lowest BCUT2D eigenvalue weighted by Gasteiger charge is -2.32. The van der Waals surface area contributed by atoms with Crippen molar-refractivity contribution >= 4 is 38.9 Å². The maximum absolute atomic E-state index is 13.8. The lowest BCUT2D eigenvalue weighted by Crippen LogP contribution is -2.41. The summed E-state index contributed by atoms with van der Waals surface area (Å²) in [5, 5.41) is 3.28. The third kappa shape index (κ3) is 6.86. The molecule has 1 aliphatic rings. The number of nitrogens with zero attached hydrogens (tertiary/aromatic N) is 2. The van der Waals surface area contributed by atoms with Gasteiger partial charge in [0.1, 0.15) is 12.3 Å². The first kappa shape index (κ1) is 28.8. The molecule has 1 N–H and O–H groups in total. The largest absolute Gasteiger partial charge is 0.495 e. The summed E-state index contributed by atoms with van der Waals surface area (Å²) in [6.07, 6.45) is 2.38. The van der Waals surface area contributed by atoms with Crippen molar-refractivity contribution in [1.82, 2.24) is 5.32 Å². The van der Waals surface area contributed by atoms with Gasteiger partial charge in [-0.05, 0) is 80.6 Å². The molecule has 1 heterocycles. The van der Waals surface area contributed by atoms with E-state index in [1.54, 1.807) is 24.3 Å². The number of amides is 1. The monoisotopic (exact) mass is 569 g/mol. The van der Waals surface area contributed by atoms with E-state index in [9.17, 15) is 13.2 Å². The van der Waals surface area contributed by atoms with Crippen LogP contribution in [0.15, 0.2) is 71.6 Å². The molecule has 1 unspecified atom stereocenters. The second-order valence-electron chi connectivity index (χ2n) is 10.2. The Balaban J connectivity index is 1.54. The van der Waals surface area contributed by atoms with Gasteiger partial charge in [0.25, 0.3) is 10.0 Å². The smallest absolute Gasteiger partial charge is 0.264 e. The van der Waals surface area contributed by atoms with Gasteiger partial charge in [-0.25, -0.2) is 8.42 Å². The van der Waals surface area contributed by atoms with E-state index < -0.39 is 22.5 Å². The molecule has 1 saturated heterocycles. The predicted molar refractivity (Wildman–Crippen MR) is 157 cm³/mol. The van der Waals surface area contributed by atoms with Crippen LogP contribution in [0.3, 0.4) is 0 Å². The highest BCUT2D eigenvalue weighted by Crippen LogP contribution is 2.35. The van der Waals surface area contributed by atoms with Gasteiger partial charge < -0.3 is 15.0 Å². The minimum Gasteiger partial charge on any atom is -0.495 e. The number of halogens is 1. The van der Waals surface area contributed by atoms with Crippen molar-refractivity contribution < 1.29 is 17.9 Å². The molecule has 208 valence electrons. The average Bonchev–Trinajstić information content (AvgIpc) is 2.92. The molecule has 0 aliphatic carbocycles. The number of nitrogens with one attached hydrogen (secondary N) is 1. The van der Waals surface area contributed by atoms with Gasteiger partial charge in [0, 0.05) is 23.8 Å². The van der Waals surface area contributed by atoms with Crippen molar-refractivity contribution in [3.63, 3.8) is 0 Å². The Morgan fingerprint density at radius 1 is 1.08 bits per heavy atom. The summed E-state index contributed by atoms with van der Waals surface area (Å²) >= 11 is 6.23. The molecule has 1 aliphatic heterocycles. The molecule has 39 heavy (non-hydrogen) atoms. The molecule has 1 fully saturated rings. The first-order valence-electron chi connectivity index (χ1n) is 13.2. The Morgan fingerprint density at radius 2 is 1.72 bits per heavy atom. The maximum Gasteiger partial charge on any atom is 0.264 e. The van der Waals surface area contributed by atoms with E-state index >= 15 is 0 Å². The van der Waals surface area contributed by atoms with Gasteiger partial charge in [-0.2, -0.15) is 0 Å². The average molecular weight is 570 g/mol. The Bertz CT molecular complexity index is 1390. The number of rotatable bonds is 9. The second kappa shape index (κ2) is 12.3. The van der Waals surface area contributed by atoms with Gasteiger partial charge in [0.15, 0.2) is 0 Å². The maximum atomic E-state index is 13.8. The van der Waals surface area contributed by atoms with Crippen LogP contribution >= 0.6 is 11.6 Å². The zero-order valence-electron chi connectivity index (χ0n) is 22.9. The molecule has 0 aromatic heterocycles. The normalized spacial score (nSPS) is 15.1. The highest BCUT2D eigenvalue weighted by atomic mass is 35.5. The van der Waals surface area contributed by atoms with E-state index in [1.165, 1.54) is 43.8 Å². The SMILES string of the molecule is COc1ccc(Cl)cc1N(CC(=O)NC(C)c1ccc(N2CCC(C)CC2)cc1)S(=O)(=O)c1ccc(C)cc1. The molecule has 0 saturated carbocycles. The summed E-state index contributed by atoms with van der Waals surface area (Å²) in [5.74, 6) is 0.602. The van der Waals surface area contributed by atoms with Crippen LogP contribution in [-0.2, 0) is 14.8 Å². The molecule has 4 rings (SSSR count). The molecule has 0 radical (unpaired) electrons. The molecular weight excluding hydrogens is 534 g/mol. The number of anilines is 2. The second-order valence-corrected chi connectivity index (χ2v) is 12.5. The van der Waals surface area contributed by atoms with Gasteiger partial charge in [-0.15, -0.1) is 0 Å². The predicted octanol–water partition coefficient (Wildman–Crippen LogP) is 5.97. The zero-order valence-corrected chi connectivity index (χ0v) is 24.4. The van der Waals surface area contributed by atoms with Gasteiger partial charge >= 0.3 is 0 Å². The topological polar surface area (TPSA) is 79.0 Å². The summed E-state index contributed by atoms with van der Waals surface area (Å²) < 4.78 is 34.0. The number of hydrogen-bond acceptors (Lipinski definition) is 5. The Kier molecular flexibility index (Phi) is 9.08. The minimum absolute atomic E-state index is 0.0682. The number of sulfonamides is 1. The number of carbonyl (C=O) groups is 1. The fraction of sp³-hybridized carbons (Fsp3) is 0.367. The van der Waals surface area contributed by atoms with Gasteiger partial charge in [-0.1, -0.05) is 48.4 Å². The lowest BCUT2D eigenvalue weighted by molar-refractivity contribution is -0.120. The van der Waals surface area contributed by atoms with Crippen molar-refractivity contribution in [2.45, 2.75) is 44.6 Å². The van der Waals surface area contributed by atoms with Crippen LogP contribution in [0.1, 0.15) is 43.9 Å². The first-order chi connectivity index (χ1) is 18.6. The van der Waals surface area contributed by atoms with Crippen LogP contribution in [0.4, 0.5) is 11.4 Å². The Labute approximate surface area is 236 Å². The van der Waals surface area contributed by atoms with Gasteiger partial charge in [-0.3, -0.25) is 9.10 Å². The van der Waals surface area contributed by atoms with E-state index in [0.29, 0.717) is 10.8 Å². The quantitative estimate of drug-likeness (QED) is 0.344. The molecular formula is C30H36ClN3O4S. The van der Waals surface area contributed by atoms with Crippen molar-refractivity contribution in [2.75, 3.05) is 35.9 Å². The van der Waals surface area contributed by atoms with Crippen LogP contribution in [0.25, 0.3) is 0 Å². The van der Waals surface area contributed by atoms with Gasteiger partial charge in [0.2, 0.25) is 5.91 Å².